The van der Waals surface area contributed by atoms with Gasteiger partial charge in [0.25, 0.3) is 0 Å². The number of esters is 2. The highest BCUT2D eigenvalue weighted by atomic mass is 16.6. The van der Waals surface area contributed by atoms with E-state index in [0.29, 0.717) is 5.56 Å². The third-order valence-corrected chi connectivity index (χ3v) is 2.07. The van der Waals surface area contributed by atoms with Crippen LogP contribution >= 0.6 is 0 Å². The van der Waals surface area contributed by atoms with Crippen molar-refractivity contribution in [2.45, 2.75) is 6.92 Å². The van der Waals surface area contributed by atoms with Crippen LogP contribution in [0.15, 0.2) is 30.9 Å². The van der Waals surface area contributed by atoms with Gasteiger partial charge in [-0.2, -0.15) is 0 Å². The summed E-state index contributed by atoms with van der Waals surface area (Å²) >= 11 is 0. The average molecular weight is 234 g/mol. The molecule has 0 aliphatic rings. The van der Waals surface area contributed by atoms with Gasteiger partial charge in [-0.3, -0.25) is 0 Å². The Bertz CT molecular complexity index is 502. The van der Waals surface area contributed by atoms with Gasteiger partial charge in [0.15, 0.2) is 0 Å². The summed E-state index contributed by atoms with van der Waals surface area (Å²) in [6, 6.07) is 4.35. The Labute approximate surface area is 97.3 Å². The minimum atomic E-state index is -1.25. The average Bonchev–Trinajstić information content (AvgIpc) is 2.27. The molecule has 1 aromatic rings. The molecule has 0 saturated carbocycles. The van der Waals surface area contributed by atoms with Gasteiger partial charge in [-0.1, -0.05) is 18.7 Å². The molecule has 0 atom stereocenters. The summed E-state index contributed by atoms with van der Waals surface area (Å²) in [6.45, 7) is 4.69. The van der Waals surface area contributed by atoms with Crippen molar-refractivity contribution in [2.24, 2.45) is 0 Å². The molecule has 88 valence electrons. The summed E-state index contributed by atoms with van der Waals surface area (Å²) in [5.41, 5.74) is 0.0834. The molecule has 0 unspecified atom stereocenters. The lowest BCUT2D eigenvalue weighted by molar-refractivity contribution is -0.132. The van der Waals surface area contributed by atoms with E-state index in [1.54, 1.807) is 13.0 Å². The molecule has 0 aromatic heterocycles. The minimum absolute atomic E-state index is 0.160. The van der Waals surface area contributed by atoms with Crippen molar-refractivity contribution in [3.8, 4) is 0 Å². The maximum absolute atomic E-state index is 11.5. The molecule has 5 nitrogen and oxygen atoms in total. The van der Waals surface area contributed by atoms with E-state index in [2.05, 4.69) is 11.3 Å². The quantitative estimate of drug-likeness (QED) is 0.487. The van der Waals surface area contributed by atoms with E-state index in [1.807, 2.05) is 0 Å². The van der Waals surface area contributed by atoms with Crippen LogP contribution in [-0.4, -0.2) is 23.0 Å². The van der Waals surface area contributed by atoms with Crippen LogP contribution in [0.25, 0.3) is 0 Å². The molecule has 0 radical (unpaired) electrons. The number of ether oxygens (including phenoxy) is 1. The van der Waals surface area contributed by atoms with Crippen molar-refractivity contribution >= 4 is 17.9 Å². The SMILES string of the molecule is C=CC(=O)OC(=O)c1cccc(C)c1C(=O)O. The number of carboxylic acid groups (broad SMARTS) is 1. The molecule has 0 bridgehead atoms. The number of aromatic carboxylic acids is 1. The number of hydrogen-bond donors (Lipinski definition) is 1. The number of carbonyl (C=O) groups excluding carboxylic acids is 2. The predicted octanol–water partition coefficient (Wildman–Crippen LogP) is 1.56. The van der Waals surface area contributed by atoms with Crippen LogP contribution in [0.5, 0.6) is 0 Å². The molecule has 1 N–H and O–H groups in total. The van der Waals surface area contributed by atoms with Crippen LogP contribution in [0.1, 0.15) is 26.3 Å². The fraction of sp³-hybridized carbons (Fsp3) is 0.0833. The Hall–Kier alpha value is -2.43. The van der Waals surface area contributed by atoms with Gasteiger partial charge in [0.2, 0.25) is 0 Å². The summed E-state index contributed by atoms with van der Waals surface area (Å²) in [7, 11) is 0. The first-order chi connectivity index (χ1) is 7.97. The first-order valence-corrected chi connectivity index (χ1v) is 4.69. The zero-order valence-electron chi connectivity index (χ0n) is 9.10. The molecule has 17 heavy (non-hydrogen) atoms. The second-order valence-electron chi connectivity index (χ2n) is 3.22. The smallest absolute Gasteiger partial charge is 0.346 e. The maximum Gasteiger partial charge on any atom is 0.346 e. The molecule has 0 amide bonds. The Morgan fingerprint density at radius 2 is 2.00 bits per heavy atom. The Morgan fingerprint density at radius 3 is 2.53 bits per heavy atom. The van der Waals surface area contributed by atoms with Crippen LogP contribution in [0, 0.1) is 6.92 Å². The third-order valence-electron chi connectivity index (χ3n) is 2.07. The number of hydrogen-bond acceptors (Lipinski definition) is 4. The normalized spacial score (nSPS) is 9.47. The fourth-order valence-electron chi connectivity index (χ4n) is 1.31. The van der Waals surface area contributed by atoms with Crippen LogP contribution in [0.3, 0.4) is 0 Å². The molecule has 0 aliphatic heterocycles. The molecular weight excluding hydrogens is 224 g/mol. The summed E-state index contributed by atoms with van der Waals surface area (Å²) < 4.78 is 4.37. The molecular formula is C12H10O5. The van der Waals surface area contributed by atoms with E-state index < -0.39 is 17.9 Å². The van der Waals surface area contributed by atoms with Crippen molar-refractivity contribution in [2.75, 3.05) is 0 Å². The van der Waals surface area contributed by atoms with Crippen molar-refractivity contribution in [1.29, 1.82) is 0 Å². The topological polar surface area (TPSA) is 80.7 Å². The van der Waals surface area contributed by atoms with Crippen molar-refractivity contribution in [1.82, 2.24) is 0 Å². The summed E-state index contributed by atoms with van der Waals surface area (Å²) in [5, 5.41) is 8.97. The van der Waals surface area contributed by atoms with E-state index in [0.717, 1.165) is 6.08 Å². The minimum Gasteiger partial charge on any atom is -0.478 e. The van der Waals surface area contributed by atoms with Gasteiger partial charge in [0.05, 0.1) is 11.1 Å². The van der Waals surface area contributed by atoms with Crippen molar-refractivity contribution < 1.29 is 24.2 Å². The van der Waals surface area contributed by atoms with Crippen molar-refractivity contribution in [3.05, 3.63) is 47.5 Å². The van der Waals surface area contributed by atoms with E-state index >= 15 is 0 Å². The molecule has 0 saturated heterocycles. The second-order valence-corrected chi connectivity index (χ2v) is 3.22. The number of rotatable bonds is 3. The van der Waals surface area contributed by atoms with E-state index in [-0.39, 0.29) is 11.1 Å². The predicted molar refractivity (Wildman–Crippen MR) is 58.8 cm³/mol. The van der Waals surface area contributed by atoms with E-state index in [4.69, 9.17) is 5.11 Å². The van der Waals surface area contributed by atoms with E-state index in [9.17, 15) is 14.4 Å². The fourth-order valence-corrected chi connectivity index (χ4v) is 1.31. The van der Waals surface area contributed by atoms with Gasteiger partial charge in [-0.25, -0.2) is 14.4 Å². The lowest BCUT2D eigenvalue weighted by atomic mass is 10.0. The number of carboxylic acids is 1. The van der Waals surface area contributed by atoms with E-state index in [1.165, 1.54) is 12.1 Å². The number of carbonyl (C=O) groups is 3. The van der Waals surface area contributed by atoms with Gasteiger partial charge in [-0.05, 0) is 18.6 Å². The molecule has 0 spiro atoms. The largest absolute Gasteiger partial charge is 0.478 e. The van der Waals surface area contributed by atoms with Crippen LogP contribution in [0.4, 0.5) is 0 Å². The van der Waals surface area contributed by atoms with Gasteiger partial charge >= 0.3 is 17.9 Å². The summed E-state index contributed by atoms with van der Waals surface area (Å²) in [4.78, 5) is 33.4. The molecule has 1 aromatic carbocycles. The standard InChI is InChI=1S/C12H10O5/c1-3-9(13)17-12(16)8-6-4-5-7(2)10(8)11(14)15/h3-6H,1H2,2H3,(H,14,15). The van der Waals surface area contributed by atoms with Crippen molar-refractivity contribution in [3.63, 3.8) is 0 Å². The maximum atomic E-state index is 11.5. The van der Waals surface area contributed by atoms with Gasteiger partial charge < -0.3 is 9.84 Å². The van der Waals surface area contributed by atoms with Gasteiger partial charge in [-0.15, -0.1) is 0 Å². The zero-order valence-corrected chi connectivity index (χ0v) is 9.10. The lowest BCUT2D eigenvalue weighted by Crippen LogP contribution is -2.15. The highest BCUT2D eigenvalue weighted by molar-refractivity contribution is 6.07. The molecule has 0 aliphatic carbocycles. The van der Waals surface area contributed by atoms with Crippen LogP contribution < -0.4 is 0 Å². The first-order valence-electron chi connectivity index (χ1n) is 4.69. The Kier molecular flexibility index (Phi) is 3.77. The summed E-state index contributed by atoms with van der Waals surface area (Å²) in [6.07, 6.45) is 0.828. The highest BCUT2D eigenvalue weighted by Crippen LogP contribution is 2.15. The molecule has 0 fully saturated rings. The molecule has 1 rings (SSSR count). The van der Waals surface area contributed by atoms with Crippen LogP contribution in [0.2, 0.25) is 0 Å². The van der Waals surface area contributed by atoms with Gasteiger partial charge in [0.1, 0.15) is 0 Å². The number of aryl methyl sites for hydroxylation is 1. The lowest BCUT2D eigenvalue weighted by Gasteiger charge is -2.06. The van der Waals surface area contributed by atoms with Gasteiger partial charge in [0, 0.05) is 6.08 Å². The zero-order chi connectivity index (χ0) is 13.0. The molecule has 5 heteroatoms. The highest BCUT2D eigenvalue weighted by Gasteiger charge is 2.20. The molecule has 0 heterocycles. The Morgan fingerprint density at radius 1 is 1.35 bits per heavy atom. The monoisotopic (exact) mass is 234 g/mol. The third kappa shape index (κ3) is 2.78. The van der Waals surface area contributed by atoms with Crippen LogP contribution in [-0.2, 0) is 9.53 Å². The Balaban J connectivity index is 3.18. The number of benzene rings is 1. The first kappa shape index (κ1) is 12.6. The summed E-state index contributed by atoms with van der Waals surface area (Å²) in [5.74, 6) is -3.18. The second kappa shape index (κ2) is 5.07.